The molecule has 2 aromatic rings. The van der Waals surface area contributed by atoms with E-state index in [0.717, 1.165) is 48.7 Å². The number of nitrogens with zero attached hydrogens (tertiary/aromatic N) is 1. The minimum absolute atomic E-state index is 0.0557. The van der Waals surface area contributed by atoms with Crippen molar-refractivity contribution >= 4 is 27.5 Å². The highest BCUT2D eigenvalue weighted by atomic mass is 32.1. The number of H-pyrrole nitrogens is 1. The van der Waals surface area contributed by atoms with Crippen LogP contribution < -0.4 is 5.56 Å². The second-order valence-corrected chi connectivity index (χ2v) is 10.8. The van der Waals surface area contributed by atoms with Gasteiger partial charge >= 0.3 is 5.97 Å². The Balaban J connectivity index is 1.23. The summed E-state index contributed by atoms with van der Waals surface area (Å²) in [6.07, 6.45) is 11.3. The van der Waals surface area contributed by atoms with Gasteiger partial charge in [0.1, 0.15) is 17.3 Å². The first-order valence-electron chi connectivity index (χ1n) is 10.8. The van der Waals surface area contributed by atoms with Gasteiger partial charge in [-0.1, -0.05) is 0 Å². The number of aromatic amines is 1. The third kappa shape index (κ3) is 2.60. The molecule has 5 aliphatic rings. The van der Waals surface area contributed by atoms with Crippen molar-refractivity contribution in [2.45, 2.75) is 70.8 Å². The van der Waals surface area contributed by atoms with Crippen LogP contribution in [0.15, 0.2) is 4.79 Å². The molecule has 4 fully saturated rings. The largest absolute Gasteiger partial charge is 0.457 e. The summed E-state index contributed by atoms with van der Waals surface area (Å²) in [6, 6.07) is 0. The van der Waals surface area contributed by atoms with Gasteiger partial charge in [0, 0.05) is 4.88 Å². The van der Waals surface area contributed by atoms with Crippen LogP contribution in [0.3, 0.4) is 0 Å². The van der Waals surface area contributed by atoms with E-state index in [1.54, 1.807) is 11.3 Å². The number of fused-ring (bicyclic) bond motifs is 3. The van der Waals surface area contributed by atoms with Crippen molar-refractivity contribution in [2.24, 2.45) is 23.2 Å². The number of aromatic nitrogens is 2. The fraction of sp³-hybridized carbons (Fsp3) is 0.682. The quantitative estimate of drug-likeness (QED) is 0.790. The van der Waals surface area contributed by atoms with Crippen LogP contribution >= 0.6 is 11.3 Å². The Morgan fingerprint density at radius 3 is 2.50 bits per heavy atom. The van der Waals surface area contributed by atoms with E-state index in [1.807, 2.05) is 0 Å². The molecule has 2 aromatic heterocycles. The van der Waals surface area contributed by atoms with Gasteiger partial charge in [0.2, 0.25) is 0 Å². The highest BCUT2D eigenvalue weighted by molar-refractivity contribution is 7.18. The van der Waals surface area contributed by atoms with Gasteiger partial charge in [0.05, 0.1) is 10.8 Å². The maximum Gasteiger partial charge on any atom is 0.312 e. The van der Waals surface area contributed by atoms with Gasteiger partial charge in [-0.15, -0.1) is 11.3 Å². The number of carbonyl (C=O) groups excluding carboxylic acids is 1. The van der Waals surface area contributed by atoms with Crippen LogP contribution in [-0.4, -0.2) is 15.9 Å². The third-order valence-corrected chi connectivity index (χ3v) is 8.87. The molecule has 0 atom stereocenters. The number of aryl methyl sites for hydroxylation is 2. The fourth-order valence-electron chi connectivity index (χ4n) is 6.92. The van der Waals surface area contributed by atoms with Crippen molar-refractivity contribution in [2.75, 3.05) is 0 Å². The molecule has 0 unspecified atom stereocenters. The lowest BCUT2D eigenvalue weighted by Gasteiger charge is -2.55. The topological polar surface area (TPSA) is 72.0 Å². The van der Waals surface area contributed by atoms with Crippen molar-refractivity contribution in [1.29, 1.82) is 0 Å². The zero-order chi connectivity index (χ0) is 18.9. The Labute approximate surface area is 167 Å². The van der Waals surface area contributed by atoms with Crippen LogP contribution in [-0.2, 0) is 29.0 Å². The van der Waals surface area contributed by atoms with E-state index in [9.17, 15) is 9.59 Å². The fourth-order valence-corrected chi connectivity index (χ4v) is 8.21. The number of nitrogens with one attached hydrogen (secondary N) is 1. The van der Waals surface area contributed by atoms with Gasteiger partial charge in [-0.2, -0.15) is 0 Å². The van der Waals surface area contributed by atoms with E-state index in [-0.39, 0.29) is 23.6 Å². The monoisotopic (exact) mass is 398 g/mol. The molecule has 2 heterocycles. The van der Waals surface area contributed by atoms with E-state index < -0.39 is 0 Å². The highest BCUT2D eigenvalue weighted by Crippen LogP contribution is 2.60. The van der Waals surface area contributed by atoms with E-state index in [0.29, 0.717) is 23.6 Å². The molecule has 0 spiro atoms. The number of esters is 1. The number of hydrogen-bond acceptors (Lipinski definition) is 5. The first-order valence-corrected chi connectivity index (χ1v) is 11.6. The Hall–Kier alpha value is -1.69. The number of thiophene rings is 1. The predicted molar refractivity (Wildman–Crippen MR) is 107 cm³/mol. The molecule has 28 heavy (non-hydrogen) atoms. The van der Waals surface area contributed by atoms with Gasteiger partial charge < -0.3 is 9.72 Å². The summed E-state index contributed by atoms with van der Waals surface area (Å²) >= 11 is 1.64. The highest BCUT2D eigenvalue weighted by Gasteiger charge is 2.55. The van der Waals surface area contributed by atoms with Gasteiger partial charge in [0.25, 0.3) is 5.56 Å². The second kappa shape index (κ2) is 6.15. The summed E-state index contributed by atoms with van der Waals surface area (Å²) in [7, 11) is 0. The zero-order valence-electron chi connectivity index (χ0n) is 16.1. The van der Waals surface area contributed by atoms with Crippen LogP contribution in [0.25, 0.3) is 10.2 Å². The smallest absolute Gasteiger partial charge is 0.312 e. The van der Waals surface area contributed by atoms with Crippen LogP contribution in [0.1, 0.15) is 67.6 Å². The Morgan fingerprint density at radius 2 is 1.79 bits per heavy atom. The molecule has 0 aliphatic heterocycles. The van der Waals surface area contributed by atoms with Crippen molar-refractivity contribution in [3.8, 4) is 0 Å². The summed E-state index contributed by atoms with van der Waals surface area (Å²) in [5, 5.41) is 0.760. The van der Waals surface area contributed by atoms with Gasteiger partial charge in [-0.05, 0) is 87.5 Å². The summed E-state index contributed by atoms with van der Waals surface area (Å²) in [4.78, 5) is 35.3. The van der Waals surface area contributed by atoms with Crippen LogP contribution in [0.2, 0.25) is 0 Å². The number of carbonyl (C=O) groups is 1. The van der Waals surface area contributed by atoms with E-state index >= 15 is 0 Å². The van der Waals surface area contributed by atoms with E-state index in [4.69, 9.17) is 4.74 Å². The second-order valence-electron chi connectivity index (χ2n) is 9.68. The van der Waals surface area contributed by atoms with Crippen molar-refractivity contribution in [1.82, 2.24) is 9.97 Å². The molecule has 4 bridgehead atoms. The summed E-state index contributed by atoms with van der Waals surface area (Å²) in [5.74, 6) is 2.57. The number of ether oxygens (including phenoxy) is 1. The molecule has 5 aliphatic carbocycles. The number of hydrogen-bond donors (Lipinski definition) is 1. The predicted octanol–water partition coefficient (Wildman–Crippen LogP) is 4.12. The lowest BCUT2D eigenvalue weighted by molar-refractivity contribution is -0.173. The molecule has 6 heteroatoms. The van der Waals surface area contributed by atoms with Crippen LogP contribution in [0.5, 0.6) is 0 Å². The van der Waals surface area contributed by atoms with Crippen molar-refractivity contribution in [3.05, 3.63) is 26.6 Å². The molecular formula is C22H26N2O3S. The van der Waals surface area contributed by atoms with Gasteiger partial charge in [-0.3, -0.25) is 9.59 Å². The molecule has 5 nitrogen and oxygen atoms in total. The van der Waals surface area contributed by atoms with E-state index in [1.165, 1.54) is 36.1 Å². The van der Waals surface area contributed by atoms with Gasteiger partial charge in [-0.25, -0.2) is 4.98 Å². The normalized spacial score (nSPS) is 33.2. The molecule has 0 amide bonds. The summed E-state index contributed by atoms with van der Waals surface area (Å²) in [6.45, 7) is 0.0777. The van der Waals surface area contributed by atoms with E-state index in [2.05, 4.69) is 9.97 Å². The molecule has 4 saturated carbocycles. The first kappa shape index (κ1) is 17.2. The Bertz CT molecular complexity index is 985. The van der Waals surface area contributed by atoms with Crippen LogP contribution in [0, 0.1) is 23.2 Å². The van der Waals surface area contributed by atoms with Crippen molar-refractivity contribution < 1.29 is 9.53 Å². The standard InChI is InChI=1S/C22H26N2O3S/c25-19-18-15-3-1-2-4-16(15)28-20(18)24-17(23-19)11-27-21(26)22-8-12-5-13(9-22)7-14(6-12)10-22/h12-14H,1-11H2,(H,23,24,25). The van der Waals surface area contributed by atoms with Crippen molar-refractivity contribution in [3.63, 3.8) is 0 Å². The maximum absolute atomic E-state index is 13.0. The average Bonchev–Trinajstić information content (AvgIpc) is 3.04. The Morgan fingerprint density at radius 1 is 1.11 bits per heavy atom. The van der Waals surface area contributed by atoms with Gasteiger partial charge in [0.15, 0.2) is 0 Å². The lowest BCUT2D eigenvalue weighted by Crippen LogP contribution is -2.50. The minimum atomic E-state index is -0.263. The third-order valence-electron chi connectivity index (χ3n) is 7.69. The molecule has 0 radical (unpaired) electrons. The molecule has 0 aromatic carbocycles. The molecular weight excluding hydrogens is 372 g/mol. The SMILES string of the molecule is O=C(OCc1nc2sc3c(c2c(=O)[nH]1)CCCC3)C12CC3CC(CC(C3)C1)C2. The summed E-state index contributed by atoms with van der Waals surface area (Å²) in [5.41, 5.74) is 0.851. The molecule has 0 saturated heterocycles. The maximum atomic E-state index is 13.0. The molecule has 148 valence electrons. The summed E-state index contributed by atoms with van der Waals surface area (Å²) < 4.78 is 5.75. The Kier molecular flexibility index (Phi) is 3.78. The minimum Gasteiger partial charge on any atom is -0.457 e. The lowest BCUT2D eigenvalue weighted by atomic mass is 9.49. The average molecular weight is 399 g/mol. The first-order chi connectivity index (χ1) is 13.6. The molecule has 7 rings (SSSR count). The molecule has 1 N–H and O–H groups in total. The zero-order valence-corrected chi connectivity index (χ0v) is 16.9. The number of rotatable bonds is 3. The van der Waals surface area contributed by atoms with Crippen LogP contribution in [0.4, 0.5) is 0 Å².